The van der Waals surface area contributed by atoms with E-state index in [2.05, 4.69) is 266 Å². The standard InChI is InChI=1S/C65H43NO/c1-4-18-44(19-5-1)46-22-16-23-47(40-46)45-34-37-53(38-35-45)66(60-32-15-13-28-54(60)50-36-39-62-56(42-50)57-41-48-20-10-11-21-49(48)43-63(57)67-62)61-33-17-31-59-64(61)55-29-12-14-30-58(55)65(59,51-24-6-2-7-25-51)52-26-8-3-9-27-52/h1-43H. The van der Waals surface area contributed by atoms with Gasteiger partial charge in [0.25, 0.3) is 0 Å². The van der Waals surface area contributed by atoms with Gasteiger partial charge in [0.1, 0.15) is 11.2 Å². The van der Waals surface area contributed by atoms with Crippen LogP contribution in [0, 0.1) is 0 Å². The molecule has 1 aliphatic rings. The first-order valence-electron chi connectivity index (χ1n) is 23.1. The van der Waals surface area contributed by atoms with Gasteiger partial charge in [0.05, 0.1) is 16.8 Å². The quantitative estimate of drug-likeness (QED) is 0.151. The molecule has 0 N–H and O–H groups in total. The van der Waals surface area contributed by atoms with E-state index in [1.54, 1.807) is 0 Å². The molecule has 1 aliphatic carbocycles. The Morgan fingerprint density at radius 1 is 0.313 bits per heavy atom. The van der Waals surface area contributed by atoms with Crippen LogP contribution in [-0.4, -0.2) is 0 Å². The number of para-hydroxylation sites is 1. The van der Waals surface area contributed by atoms with Gasteiger partial charge in [-0.1, -0.05) is 206 Å². The Kier molecular flexibility index (Phi) is 9.11. The molecule has 0 amide bonds. The molecule has 12 aromatic rings. The molecule has 2 nitrogen and oxygen atoms in total. The molecule has 0 saturated heterocycles. The highest BCUT2D eigenvalue weighted by Crippen LogP contribution is 2.60. The number of anilines is 3. The third-order valence-corrected chi connectivity index (χ3v) is 13.9. The highest BCUT2D eigenvalue weighted by molar-refractivity contribution is 6.11. The van der Waals surface area contributed by atoms with E-state index in [0.29, 0.717) is 0 Å². The number of hydrogen-bond acceptors (Lipinski definition) is 2. The average molecular weight is 854 g/mol. The van der Waals surface area contributed by atoms with Crippen LogP contribution in [0.1, 0.15) is 22.3 Å². The smallest absolute Gasteiger partial charge is 0.136 e. The Morgan fingerprint density at radius 3 is 1.57 bits per heavy atom. The number of fused-ring (bicyclic) bond motifs is 7. The number of nitrogens with zero attached hydrogens (tertiary/aromatic N) is 1. The molecule has 2 heteroatoms. The molecule has 0 bridgehead atoms. The maximum atomic E-state index is 6.51. The lowest BCUT2D eigenvalue weighted by Crippen LogP contribution is -2.28. The van der Waals surface area contributed by atoms with Crippen LogP contribution in [0.4, 0.5) is 17.1 Å². The van der Waals surface area contributed by atoms with Gasteiger partial charge in [-0.05, 0) is 121 Å². The van der Waals surface area contributed by atoms with Crippen LogP contribution >= 0.6 is 0 Å². The number of rotatable bonds is 8. The second kappa shape index (κ2) is 15.8. The Labute approximate surface area is 390 Å². The molecule has 1 heterocycles. The van der Waals surface area contributed by atoms with Crippen molar-refractivity contribution in [3.8, 4) is 44.5 Å². The molecular formula is C65H43NO. The number of furan rings is 1. The summed E-state index contributed by atoms with van der Waals surface area (Å²) in [5, 5.41) is 4.59. The second-order valence-electron chi connectivity index (χ2n) is 17.6. The molecule has 0 radical (unpaired) electrons. The van der Waals surface area contributed by atoms with Crippen molar-refractivity contribution in [2.75, 3.05) is 4.90 Å². The average Bonchev–Trinajstić information content (AvgIpc) is 3.92. The Balaban J connectivity index is 1.04. The van der Waals surface area contributed by atoms with E-state index in [-0.39, 0.29) is 0 Å². The minimum atomic E-state index is -0.541. The van der Waals surface area contributed by atoms with Gasteiger partial charge in [0, 0.05) is 27.6 Å². The lowest BCUT2D eigenvalue weighted by atomic mass is 9.68. The molecule has 0 spiro atoms. The summed E-state index contributed by atoms with van der Waals surface area (Å²) in [4.78, 5) is 2.49. The van der Waals surface area contributed by atoms with Crippen LogP contribution in [-0.2, 0) is 5.41 Å². The van der Waals surface area contributed by atoms with Gasteiger partial charge in [-0.25, -0.2) is 0 Å². The molecule has 13 rings (SSSR count). The van der Waals surface area contributed by atoms with Gasteiger partial charge in [0.2, 0.25) is 0 Å². The number of benzene rings is 11. The summed E-state index contributed by atoms with van der Waals surface area (Å²) in [6.07, 6.45) is 0. The Bertz CT molecular complexity index is 3760. The van der Waals surface area contributed by atoms with Gasteiger partial charge in [0.15, 0.2) is 0 Å². The van der Waals surface area contributed by atoms with Crippen molar-refractivity contribution in [2.45, 2.75) is 5.41 Å². The second-order valence-corrected chi connectivity index (χ2v) is 17.6. The molecule has 0 unspecified atom stereocenters. The van der Waals surface area contributed by atoms with Crippen LogP contribution in [0.5, 0.6) is 0 Å². The first-order valence-corrected chi connectivity index (χ1v) is 23.1. The first kappa shape index (κ1) is 38.7. The highest BCUT2D eigenvalue weighted by atomic mass is 16.3. The van der Waals surface area contributed by atoms with Gasteiger partial charge in [-0.15, -0.1) is 0 Å². The van der Waals surface area contributed by atoms with Crippen molar-refractivity contribution in [1.29, 1.82) is 0 Å². The van der Waals surface area contributed by atoms with Crippen molar-refractivity contribution >= 4 is 49.8 Å². The highest BCUT2D eigenvalue weighted by Gasteiger charge is 2.47. The summed E-state index contributed by atoms with van der Waals surface area (Å²) in [5.74, 6) is 0. The van der Waals surface area contributed by atoms with Crippen molar-refractivity contribution in [3.05, 3.63) is 283 Å². The summed E-state index contributed by atoms with van der Waals surface area (Å²) >= 11 is 0. The van der Waals surface area contributed by atoms with Crippen molar-refractivity contribution < 1.29 is 4.42 Å². The van der Waals surface area contributed by atoms with Gasteiger partial charge >= 0.3 is 0 Å². The number of hydrogen-bond donors (Lipinski definition) is 0. The van der Waals surface area contributed by atoms with Crippen LogP contribution in [0.3, 0.4) is 0 Å². The Morgan fingerprint density at radius 2 is 0.836 bits per heavy atom. The minimum Gasteiger partial charge on any atom is -0.456 e. The minimum absolute atomic E-state index is 0.541. The van der Waals surface area contributed by atoms with Crippen molar-refractivity contribution in [2.24, 2.45) is 0 Å². The van der Waals surface area contributed by atoms with Crippen LogP contribution in [0.25, 0.3) is 77.2 Å². The topological polar surface area (TPSA) is 16.4 Å². The van der Waals surface area contributed by atoms with E-state index in [1.165, 1.54) is 60.8 Å². The summed E-state index contributed by atoms with van der Waals surface area (Å²) < 4.78 is 6.51. The molecule has 0 saturated carbocycles. The summed E-state index contributed by atoms with van der Waals surface area (Å²) in [5.41, 5.74) is 19.0. The molecule has 314 valence electrons. The van der Waals surface area contributed by atoms with Crippen LogP contribution in [0.2, 0.25) is 0 Å². The third-order valence-electron chi connectivity index (χ3n) is 13.9. The maximum Gasteiger partial charge on any atom is 0.136 e. The van der Waals surface area contributed by atoms with E-state index >= 15 is 0 Å². The first-order chi connectivity index (χ1) is 33.2. The third kappa shape index (κ3) is 6.26. The Hall–Kier alpha value is -8.72. The molecule has 0 fully saturated rings. The fraction of sp³-hybridized carbons (Fsp3) is 0.0154. The predicted molar refractivity (Wildman–Crippen MR) is 280 cm³/mol. The van der Waals surface area contributed by atoms with Gasteiger partial charge in [-0.3, -0.25) is 0 Å². The van der Waals surface area contributed by atoms with E-state index in [1.807, 2.05) is 0 Å². The SMILES string of the molecule is c1ccc(-c2cccc(-c3ccc(N(c4ccccc4-c4ccc5oc6cc7ccccc7cc6c5c4)c4cccc5c4-c4ccccc4C5(c4ccccc4)c4ccccc4)cc3)c2)cc1. The van der Waals surface area contributed by atoms with Crippen LogP contribution in [0.15, 0.2) is 265 Å². The molecule has 67 heavy (non-hydrogen) atoms. The molecular weight excluding hydrogens is 811 g/mol. The van der Waals surface area contributed by atoms with Gasteiger partial charge < -0.3 is 9.32 Å². The summed E-state index contributed by atoms with van der Waals surface area (Å²) in [6.45, 7) is 0. The van der Waals surface area contributed by atoms with Gasteiger partial charge in [-0.2, -0.15) is 0 Å². The fourth-order valence-electron chi connectivity index (χ4n) is 10.9. The lowest BCUT2D eigenvalue weighted by molar-refractivity contribution is 0.669. The predicted octanol–water partition coefficient (Wildman–Crippen LogP) is 17.6. The van der Waals surface area contributed by atoms with E-state index in [0.717, 1.165) is 55.7 Å². The van der Waals surface area contributed by atoms with Crippen molar-refractivity contribution in [3.63, 3.8) is 0 Å². The largest absolute Gasteiger partial charge is 0.456 e. The van der Waals surface area contributed by atoms with E-state index < -0.39 is 5.41 Å². The molecule has 1 aromatic heterocycles. The maximum absolute atomic E-state index is 6.51. The lowest BCUT2D eigenvalue weighted by Gasteiger charge is -2.34. The zero-order valence-corrected chi connectivity index (χ0v) is 36.7. The normalized spacial score (nSPS) is 12.6. The zero-order valence-electron chi connectivity index (χ0n) is 36.7. The molecule has 0 aliphatic heterocycles. The summed E-state index contributed by atoms with van der Waals surface area (Å²) in [6, 6.07) is 95.2. The molecule has 0 atom stereocenters. The van der Waals surface area contributed by atoms with Crippen molar-refractivity contribution in [1.82, 2.24) is 0 Å². The summed E-state index contributed by atoms with van der Waals surface area (Å²) in [7, 11) is 0. The van der Waals surface area contributed by atoms with E-state index in [4.69, 9.17) is 4.42 Å². The van der Waals surface area contributed by atoms with Crippen LogP contribution < -0.4 is 4.90 Å². The zero-order chi connectivity index (χ0) is 44.3. The van der Waals surface area contributed by atoms with E-state index in [9.17, 15) is 0 Å². The fourth-order valence-corrected chi connectivity index (χ4v) is 10.9. The monoisotopic (exact) mass is 853 g/mol. The molecule has 11 aromatic carbocycles.